The number of nitrogen functional groups attached to an aromatic ring is 1. The van der Waals surface area contributed by atoms with Crippen LogP contribution in [0.3, 0.4) is 0 Å². The Morgan fingerprint density at radius 2 is 2.12 bits per heavy atom. The highest BCUT2D eigenvalue weighted by molar-refractivity contribution is 5.99. The van der Waals surface area contributed by atoms with E-state index in [1.54, 1.807) is 6.07 Å². The van der Waals surface area contributed by atoms with Gasteiger partial charge in [-0.05, 0) is 38.5 Å². The maximum absolute atomic E-state index is 11.2. The monoisotopic (exact) mass is 220 g/mol. The van der Waals surface area contributed by atoms with E-state index in [2.05, 4.69) is 18.7 Å². The molecule has 0 saturated heterocycles. The quantitative estimate of drug-likeness (QED) is 0.627. The van der Waals surface area contributed by atoms with Gasteiger partial charge in [0.1, 0.15) is 0 Å². The van der Waals surface area contributed by atoms with Crippen molar-refractivity contribution in [2.75, 3.05) is 17.7 Å². The Kier molecular flexibility index (Phi) is 3.93. The van der Waals surface area contributed by atoms with Gasteiger partial charge in [0.25, 0.3) is 0 Å². The van der Waals surface area contributed by atoms with Crippen LogP contribution in [0.1, 0.15) is 37.6 Å². The first-order valence-corrected chi connectivity index (χ1v) is 5.60. The number of carbonyl (C=O) groups is 1. The third-order valence-corrected chi connectivity index (χ3v) is 3.07. The first kappa shape index (κ1) is 12.6. The molecule has 1 atom stereocenters. The van der Waals surface area contributed by atoms with E-state index >= 15 is 0 Å². The Hall–Kier alpha value is -1.51. The van der Waals surface area contributed by atoms with Crippen LogP contribution >= 0.6 is 0 Å². The number of anilines is 2. The number of carbonyl (C=O) groups excluding carboxylic acids is 1. The molecule has 0 amide bonds. The van der Waals surface area contributed by atoms with E-state index in [9.17, 15) is 4.79 Å². The van der Waals surface area contributed by atoms with Crippen molar-refractivity contribution in [3.05, 3.63) is 23.8 Å². The lowest BCUT2D eigenvalue weighted by atomic mass is 10.1. The molecule has 3 nitrogen and oxygen atoms in total. The largest absolute Gasteiger partial charge is 0.398 e. The highest BCUT2D eigenvalue weighted by Gasteiger charge is 2.10. The number of nitrogens with two attached hydrogens (primary N) is 1. The minimum absolute atomic E-state index is 0.00948. The van der Waals surface area contributed by atoms with Crippen molar-refractivity contribution >= 4 is 17.2 Å². The maximum Gasteiger partial charge on any atom is 0.161 e. The van der Waals surface area contributed by atoms with Gasteiger partial charge >= 0.3 is 0 Å². The zero-order chi connectivity index (χ0) is 12.3. The van der Waals surface area contributed by atoms with Crippen molar-refractivity contribution in [2.24, 2.45) is 0 Å². The first-order valence-electron chi connectivity index (χ1n) is 5.60. The number of hydrogen-bond acceptors (Lipinski definition) is 3. The van der Waals surface area contributed by atoms with Gasteiger partial charge in [0.2, 0.25) is 0 Å². The predicted octanol–water partition coefficient (Wildman–Crippen LogP) is 2.71. The molecular weight excluding hydrogens is 200 g/mol. The van der Waals surface area contributed by atoms with Crippen LogP contribution in [0.5, 0.6) is 0 Å². The van der Waals surface area contributed by atoms with Crippen LogP contribution in [0.4, 0.5) is 11.4 Å². The van der Waals surface area contributed by atoms with Gasteiger partial charge in [0.05, 0.1) is 0 Å². The average molecular weight is 220 g/mol. The summed E-state index contributed by atoms with van der Waals surface area (Å²) in [7, 11) is 2.04. The van der Waals surface area contributed by atoms with Crippen LogP contribution in [-0.4, -0.2) is 18.9 Å². The van der Waals surface area contributed by atoms with Gasteiger partial charge < -0.3 is 10.6 Å². The minimum atomic E-state index is 0.00948. The summed E-state index contributed by atoms with van der Waals surface area (Å²) in [4.78, 5) is 13.4. The zero-order valence-electron chi connectivity index (χ0n) is 10.4. The fourth-order valence-electron chi connectivity index (χ4n) is 1.62. The van der Waals surface area contributed by atoms with Crippen LogP contribution < -0.4 is 10.6 Å². The van der Waals surface area contributed by atoms with Gasteiger partial charge in [-0.25, -0.2) is 0 Å². The van der Waals surface area contributed by atoms with E-state index in [0.717, 1.165) is 12.1 Å². The lowest BCUT2D eigenvalue weighted by molar-refractivity contribution is 0.101. The third kappa shape index (κ3) is 2.54. The predicted molar refractivity (Wildman–Crippen MR) is 69.0 cm³/mol. The fourth-order valence-corrected chi connectivity index (χ4v) is 1.62. The average Bonchev–Trinajstić information content (AvgIpc) is 2.26. The SMILES string of the molecule is CCC(C)N(C)c1ccc(C(C)=O)c(N)c1. The summed E-state index contributed by atoms with van der Waals surface area (Å²) in [6, 6.07) is 6.07. The van der Waals surface area contributed by atoms with Crippen molar-refractivity contribution in [3.63, 3.8) is 0 Å². The van der Waals surface area contributed by atoms with Gasteiger partial charge in [-0.3, -0.25) is 4.79 Å². The van der Waals surface area contributed by atoms with Crippen molar-refractivity contribution in [3.8, 4) is 0 Å². The van der Waals surface area contributed by atoms with Crippen LogP contribution in [0, 0.1) is 0 Å². The van der Waals surface area contributed by atoms with Gasteiger partial charge in [0, 0.05) is 30.0 Å². The molecule has 88 valence electrons. The molecular formula is C13H20N2O. The molecule has 0 fully saturated rings. The van der Waals surface area contributed by atoms with Crippen molar-refractivity contribution < 1.29 is 4.79 Å². The number of benzene rings is 1. The van der Waals surface area contributed by atoms with E-state index in [0.29, 0.717) is 17.3 Å². The van der Waals surface area contributed by atoms with E-state index in [1.807, 2.05) is 19.2 Å². The molecule has 1 aromatic carbocycles. The molecule has 0 aliphatic heterocycles. The summed E-state index contributed by atoms with van der Waals surface area (Å²) < 4.78 is 0. The summed E-state index contributed by atoms with van der Waals surface area (Å²) in [6.07, 6.45) is 1.07. The molecule has 0 aromatic heterocycles. The second kappa shape index (κ2) is 5.01. The highest BCUT2D eigenvalue weighted by atomic mass is 16.1. The van der Waals surface area contributed by atoms with E-state index < -0.39 is 0 Å². The molecule has 0 spiro atoms. The summed E-state index contributed by atoms with van der Waals surface area (Å²) in [5, 5.41) is 0. The molecule has 1 rings (SSSR count). The summed E-state index contributed by atoms with van der Waals surface area (Å²) in [6.45, 7) is 5.84. The number of Topliss-reactive ketones (excluding diaryl/α,β-unsaturated/α-hetero) is 1. The summed E-state index contributed by atoms with van der Waals surface area (Å²) in [5.74, 6) is 0.00948. The lowest BCUT2D eigenvalue weighted by Gasteiger charge is -2.26. The molecule has 0 aliphatic carbocycles. The van der Waals surface area contributed by atoms with Crippen LogP contribution in [0.2, 0.25) is 0 Å². The Morgan fingerprint density at radius 1 is 1.50 bits per heavy atom. The van der Waals surface area contributed by atoms with Crippen molar-refractivity contribution in [1.29, 1.82) is 0 Å². The minimum Gasteiger partial charge on any atom is -0.398 e. The van der Waals surface area contributed by atoms with Crippen molar-refractivity contribution in [2.45, 2.75) is 33.2 Å². The summed E-state index contributed by atoms with van der Waals surface area (Å²) >= 11 is 0. The number of hydrogen-bond donors (Lipinski definition) is 1. The second-order valence-electron chi connectivity index (χ2n) is 4.20. The summed E-state index contributed by atoms with van der Waals surface area (Å²) in [5.41, 5.74) is 8.06. The molecule has 0 radical (unpaired) electrons. The number of rotatable bonds is 4. The highest BCUT2D eigenvalue weighted by Crippen LogP contribution is 2.23. The normalized spacial score (nSPS) is 12.2. The first-order chi connectivity index (χ1) is 7.47. The molecule has 16 heavy (non-hydrogen) atoms. The number of ketones is 1. The van der Waals surface area contributed by atoms with E-state index in [1.165, 1.54) is 6.92 Å². The standard InChI is InChI=1S/C13H20N2O/c1-5-9(2)15(4)11-6-7-12(10(3)16)13(14)8-11/h6-9H,5,14H2,1-4H3. The Balaban J connectivity index is 3.01. The Morgan fingerprint density at radius 3 is 2.56 bits per heavy atom. The van der Waals surface area contributed by atoms with Crippen LogP contribution in [0.25, 0.3) is 0 Å². The lowest BCUT2D eigenvalue weighted by Crippen LogP contribution is -2.28. The molecule has 3 heteroatoms. The van der Waals surface area contributed by atoms with Gasteiger partial charge in [-0.15, -0.1) is 0 Å². The molecule has 1 unspecified atom stereocenters. The second-order valence-corrected chi connectivity index (χ2v) is 4.20. The van der Waals surface area contributed by atoms with Crippen LogP contribution in [0.15, 0.2) is 18.2 Å². The van der Waals surface area contributed by atoms with E-state index in [4.69, 9.17) is 5.73 Å². The Labute approximate surface area is 97.2 Å². The Bertz CT molecular complexity index is 388. The molecule has 0 heterocycles. The van der Waals surface area contributed by atoms with Crippen LogP contribution in [-0.2, 0) is 0 Å². The smallest absolute Gasteiger partial charge is 0.161 e. The molecule has 0 bridgehead atoms. The van der Waals surface area contributed by atoms with E-state index in [-0.39, 0.29) is 5.78 Å². The molecule has 0 saturated carbocycles. The third-order valence-electron chi connectivity index (χ3n) is 3.07. The number of nitrogens with zero attached hydrogens (tertiary/aromatic N) is 1. The topological polar surface area (TPSA) is 46.3 Å². The molecule has 2 N–H and O–H groups in total. The fraction of sp³-hybridized carbons (Fsp3) is 0.462. The van der Waals surface area contributed by atoms with Gasteiger partial charge in [-0.2, -0.15) is 0 Å². The molecule has 0 aliphatic rings. The van der Waals surface area contributed by atoms with Gasteiger partial charge in [0.15, 0.2) is 5.78 Å². The zero-order valence-corrected chi connectivity index (χ0v) is 10.4. The maximum atomic E-state index is 11.2. The molecule has 1 aromatic rings. The van der Waals surface area contributed by atoms with Crippen molar-refractivity contribution in [1.82, 2.24) is 0 Å². The van der Waals surface area contributed by atoms with Gasteiger partial charge in [-0.1, -0.05) is 6.92 Å².